The molecule has 1 N–H and O–H groups in total. The van der Waals surface area contributed by atoms with Crippen LogP contribution in [-0.4, -0.2) is 13.0 Å². The van der Waals surface area contributed by atoms with Crippen LogP contribution in [0.15, 0.2) is 48.5 Å². The summed E-state index contributed by atoms with van der Waals surface area (Å²) in [4.78, 5) is 11.9. The highest BCUT2D eigenvalue weighted by Gasteiger charge is 2.05. The van der Waals surface area contributed by atoms with E-state index in [-0.39, 0.29) is 5.91 Å². The van der Waals surface area contributed by atoms with Gasteiger partial charge in [0.25, 0.3) is 0 Å². The molecule has 2 aromatic carbocycles. The summed E-state index contributed by atoms with van der Waals surface area (Å²) in [6.07, 6.45) is 3.12. The summed E-state index contributed by atoms with van der Waals surface area (Å²) in [5.74, 6) is 0.376. The quantitative estimate of drug-likeness (QED) is 0.855. The fraction of sp³-hybridized carbons (Fsp3) is 0.118. The second-order valence-corrected chi connectivity index (χ2v) is 4.88. The summed E-state index contributed by atoms with van der Waals surface area (Å²) in [7, 11) is 1.56. The Balaban J connectivity index is 2.11. The van der Waals surface area contributed by atoms with Gasteiger partial charge in [0.15, 0.2) is 0 Å². The molecule has 0 unspecified atom stereocenters. The van der Waals surface area contributed by atoms with Gasteiger partial charge in [0, 0.05) is 11.8 Å². The van der Waals surface area contributed by atoms with E-state index in [4.69, 9.17) is 16.3 Å². The lowest BCUT2D eigenvalue weighted by molar-refractivity contribution is -0.111. The molecule has 3 nitrogen and oxygen atoms in total. The van der Waals surface area contributed by atoms with Crippen LogP contribution in [0.3, 0.4) is 0 Å². The van der Waals surface area contributed by atoms with Gasteiger partial charge < -0.3 is 10.1 Å². The van der Waals surface area contributed by atoms with Crippen molar-refractivity contribution in [3.63, 3.8) is 0 Å². The molecule has 0 radical (unpaired) electrons. The van der Waals surface area contributed by atoms with Crippen LogP contribution in [0.25, 0.3) is 6.08 Å². The van der Waals surface area contributed by atoms with E-state index in [1.165, 1.54) is 6.08 Å². The lowest BCUT2D eigenvalue weighted by Gasteiger charge is -2.06. The number of rotatable bonds is 4. The van der Waals surface area contributed by atoms with E-state index < -0.39 is 0 Å². The number of hydrogen-bond donors (Lipinski definition) is 1. The van der Waals surface area contributed by atoms with Crippen LogP contribution in [0.1, 0.15) is 11.1 Å². The molecule has 0 aromatic heterocycles. The number of methoxy groups -OCH3 is 1. The molecule has 1 amide bonds. The lowest BCUT2D eigenvalue weighted by atomic mass is 10.2. The van der Waals surface area contributed by atoms with E-state index >= 15 is 0 Å². The molecule has 2 aromatic rings. The molecule has 0 saturated carbocycles. The Kier molecular flexibility index (Phi) is 5.01. The Labute approximate surface area is 129 Å². The molecule has 21 heavy (non-hydrogen) atoms. The number of anilines is 1. The molecule has 0 fully saturated rings. The number of nitrogens with one attached hydrogen (secondary N) is 1. The number of amides is 1. The van der Waals surface area contributed by atoms with E-state index in [2.05, 4.69) is 5.32 Å². The van der Waals surface area contributed by atoms with E-state index in [1.54, 1.807) is 19.3 Å². The van der Waals surface area contributed by atoms with Gasteiger partial charge in [-0.1, -0.05) is 41.9 Å². The fourth-order valence-corrected chi connectivity index (χ4v) is 2.13. The molecule has 0 aliphatic carbocycles. The number of hydrogen-bond acceptors (Lipinski definition) is 2. The second-order valence-electron chi connectivity index (χ2n) is 4.50. The second kappa shape index (κ2) is 6.95. The number of carbonyl (C=O) groups is 1. The summed E-state index contributed by atoms with van der Waals surface area (Å²) in [6.45, 7) is 1.94. The van der Waals surface area contributed by atoms with Gasteiger partial charge in [-0.3, -0.25) is 4.79 Å². The average Bonchev–Trinajstić information content (AvgIpc) is 2.48. The molecule has 0 aliphatic heterocycles. The summed E-state index contributed by atoms with van der Waals surface area (Å²) in [5, 5.41) is 3.31. The Morgan fingerprint density at radius 2 is 1.95 bits per heavy atom. The number of aryl methyl sites for hydroxylation is 1. The van der Waals surface area contributed by atoms with Crippen molar-refractivity contribution in [2.24, 2.45) is 0 Å². The third-order valence-corrected chi connectivity index (χ3v) is 3.43. The van der Waals surface area contributed by atoms with Crippen LogP contribution in [-0.2, 0) is 4.79 Å². The number of ether oxygens (including phenoxy) is 1. The van der Waals surface area contributed by atoms with Crippen molar-refractivity contribution in [3.8, 4) is 5.75 Å². The normalized spacial score (nSPS) is 10.6. The summed E-state index contributed by atoms with van der Waals surface area (Å²) >= 11 is 6.17. The van der Waals surface area contributed by atoms with Crippen molar-refractivity contribution in [1.29, 1.82) is 0 Å². The average molecular weight is 302 g/mol. The smallest absolute Gasteiger partial charge is 0.248 e. The molecular weight excluding hydrogens is 286 g/mol. The van der Waals surface area contributed by atoms with Gasteiger partial charge in [0.05, 0.1) is 12.1 Å². The Hall–Kier alpha value is -2.26. The van der Waals surface area contributed by atoms with Gasteiger partial charge in [-0.2, -0.15) is 0 Å². The first kappa shape index (κ1) is 15.1. The minimum absolute atomic E-state index is 0.205. The molecule has 108 valence electrons. The minimum atomic E-state index is -0.205. The molecule has 0 heterocycles. The molecule has 2 rings (SSSR count). The topological polar surface area (TPSA) is 38.3 Å². The zero-order valence-corrected chi connectivity index (χ0v) is 12.6. The maximum Gasteiger partial charge on any atom is 0.248 e. The molecule has 0 bridgehead atoms. The first-order valence-electron chi connectivity index (χ1n) is 6.49. The number of halogens is 1. The largest absolute Gasteiger partial charge is 0.495 e. The maximum atomic E-state index is 11.9. The summed E-state index contributed by atoms with van der Waals surface area (Å²) in [5.41, 5.74) is 2.54. The zero-order chi connectivity index (χ0) is 15.2. The van der Waals surface area contributed by atoms with Crippen LogP contribution in [0, 0.1) is 6.92 Å². The highest BCUT2D eigenvalue weighted by Crippen LogP contribution is 2.28. The molecule has 4 heteroatoms. The molecule has 0 spiro atoms. The highest BCUT2D eigenvalue weighted by atomic mass is 35.5. The Morgan fingerprint density at radius 1 is 1.19 bits per heavy atom. The van der Waals surface area contributed by atoms with Crippen LogP contribution >= 0.6 is 11.6 Å². The van der Waals surface area contributed by atoms with Gasteiger partial charge in [0.2, 0.25) is 5.91 Å². The standard InChI is InChI=1S/C17H16ClNO2/c1-12-6-3-4-8-14(12)19-16(20)11-10-13-7-5-9-15(21-2)17(13)18/h3-11H,1-2H3,(H,19,20)/b11-10+. The first-order chi connectivity index (χ1) is 10.1. The summed E-state index contributed by atoms with van der Waals surface area (Å²) in [6, 6.07) is 13.0. The van der Waals surface area contributed by atoms with Crippen molar-refractivity contribution in [3.05, 3.63) is 64.7 Å². The van der Waals surface area contributed by atoms with Crippen molar-refractivity contribution in [2.45, 2.75) is 6.92 Å². The SMILES string of the molecule is COc1cccc(/C=C/C(=O)Nc2ccccc2C)c1Cl. The highest BCUT2D eigenvalue weighted by molar-refractivity contribution is 6.33. The van der Waals surface area contributed by atoms with Crippen molar-refractivity contribution in [1.82, 2.24) is 0 Å². The minimum Gasteiger partial charge on any atom is -0.495 e. The molecule has 0 atom stereocenters. The molecule has 0 aliphatic rings. The van der Waals surface area contributed by atoms with E-state index in [1.807, 2.05) is 43.3 Å². The van der Waals surface area contributed by atoms with Crippen LogP contribution < -0.4 is 10.1 Å². The van der Waals surface area contributed by atoms with Gasteiger partial charge in [-0.25, -0.2) is 0 Å². The first-order valence-corrected chi connectivity index (χ1v) is 6.87. The van der Waals surface area contributed by atoms with E-state index in [0.29, 0.717) is 10.8 Å². The summed E-state index contributed by atoms with van der Waals surface area (Å²) < 4.78 is 5.14. The van der Waals surface area contributed by atoms with Gasteiger partial charge in [0.1, 0.15) is 5.75 Å². The van der Waals surface area contributed by atoms with E-state index in [9.17, 15) is 4.79 Å². The molecular formula is C17H16ClNO2. The van der Waals surface area contributed by atoms with Crippen LogP contribution in [0.2, 0.25) is 5.02 Å². The third kappa shape index (κ3) is 3.86. The number of carbonyl (C=O) groups excluding carboxylic acids is 1. The van der Waals surface area contributed by atoms with Gasteiger partial charge in [-0.15, -0.1) is 0 Å². The monoisotopic (exact) mass is 301 g/mol. The van der Waals surface area contributed by atoms with Gasteiger partial charge in [-0.05, 0) is 36.3 Å². The van der Waals surface area contributed by atoms with Crippen molar-refractivity contribution < 1.29 is 9.53 Å². The van der Waals surface area contributed by atoms with E-state index in [0.717, 1.165) is 16.8 Å². The van der Waals surface area contributed by atoms with Crippen LogP contribution in [0.5, 0.6) is 5.75 Å². The van der Waals surface area contributed by atoms with Crippen molar-refractivity contribution in [2.75, 3.05) is 12.4 Å². The zero-order valence-electron chi connectivity index (χ0n) is 11.9. The number of para-hydroxylation sites is 1. The van der Waals surface area contributed by atoms with Crippen LogP contribution in [0.4, 0.5) is 5.69 Å². The lowest BCUT2D eigenvalue weighted by Crippen LogP contribution is -2.08. The Bertz CT molecular complexity index is 680. The predicted octanol–water partition coefficient (Wildman–Crippen LogP) is 4.31. The van der Waals surface area contributed by atoms with Crippen molar-refractivity contribution >= 4 is 29.3 Å². The predicted molar refractivity (Wildman–Crippen MR) is 86.8 cm³/mol. The van der Waals surface area contributed by atoms with Gasteiger partial charge >= 0.3 is 0 Å². The Morgan fingerprint density at radius 3 is 2.67 bits per heavy atom. The number of benzene rings is 2. The molecule has 0 saturated heterocycles. The fourth-order valence-electron chi connectivity index (χ4n) is 1.87. The maximum absolute atomic E-state index is 11.9. The third-order valence-electron chi connectivity index (χ3n) is 3.03.